The average Bonchev–Trinajstić information content (AvgIpc) is 3.32. The highest BCUT2D eigenvalue weighted by Crippen LogP contribution is 2.58. The van der Waals surface area contributed by atoms with Crippen molar-refractivity contribution in [3.63, 3.8) is 0 Å². The molecule has 1 aliphatic carbocycles. The van der Waals surface area contributed by atoms with Crippen LogP contribution in [0.1, 0.15) is 87.6 Å². The molecule has 0 bridgehead atoms. The van der Waals surface area contributed by atoms with Crippen LogP contribution in [0.5, 0.6) is 0 Å². The minimum Gasteiger partial charge on any atom is -0.166 e. The first-order valence-electron chi connectivity index (χ1n) is 9.62. The Morgan fingerprint density at radius 2 is 1.19 bits per heavy atom. The third-order valence-electron chi connectivity index (χ3n) is 5.51. The quantitative estimate of drug-likeness (QED) is 0.508. The fourth-order valence-corrected chi connectivity index (χ4v) is 4.34. The summed E-state index contributed by atoms with van der Waals surface area (Å²) in [6, 6.07) is 13.1. The molecule has 2 aromatic carbocycles. The molecule has 0 nitrogen and oxygen atoms in total. The van der Waals surface area contributed by atoms with Gasteiger partial charge in [-0.2, -0.15) is 13.2 Å². The summed E-state index contributed by atoms with van der Waals surface area (Å²) in [5.74, 6) is 0.454. The van der Waals surface area contributed by atoms with Gasteiger partial charge in [-0.3, -0.25) is 0 Å². The molecule has 1 fully saturated rings. The molecule has 0 heterocycles. The first-order valence-corrected chi connectivity index (χ1v) is 9.62. The maximum atomic E-state index is 13.7. The van der Waals surface area contributed by atoms with E-state index in [9.17, 15) is 13.2 Å². The number of rotatable bonds is 2. The summed E-state index contributed by atoms with van der Waals surface area (Å²) < 4.78 is 41.0. The molecular formula is C24H29F3. The van der Waals surface area contributed by atoms with Gasteiger partial charge in [0.05, 0.1) is 5.56 Å². The summed E-state index contributed by atoms with van der Waals surface area (Å²) in [5.41, 5.74) is 2.88. The Labute approximate surface area is 160 Å². The monoisotopic (exact) mass is 374 g/mol. The Bertz CT molecular complexity index is 832. The van der Waals surface area contributed by atoms with Crippen molar-refractivity contribution >= 4 is 0 Å². The Balaban J connectivity index is 2.07. The van der Waals surface area contributed by atoms with E-state index < -0.39 is 17.2 Å². The largest absolute Gasteiger partial charge is 0.416 e. The molecule has 1 saturated carbocycles. The van der Waals surface area contributed by atoms with Gasteiger partial charge in [-0.15, -0.1) is 0 Å². The highest BCUT2D eigenvalue weighted by molar-refractivity contribution is 5.50. The van der Waals surface area contributed by atoms with E-state index in [1.54, 1.807) is 6.07 Å². The lowest BCUT2D eigenvalue weighted by atomic mass is 9.78. The van der Waals surface area contributed by atoms with Gasteiger partial charge in [-0.25, -0.2) is 0 Å². The van der Waals surface area contributed by atoms with Gasteiger partial charge < -0.3 is 0 Å². The van der Waals surface area contributed by atoms with Gasteiger partial charge in [0.2, 0.25) is 0 Å². The lowest BCUT2D eigenvalue weighted by molar-refractivity contribution is -0.138. The van der Waals surface area contributed by atoms with E-state index >= 15 is 0 Å². The molecule has 2 aromatic rings. The third-order valence-corrected chi connectivity index (χ3v) is 5.51. The van der Waals surface area contributed by atoms with Crippen molar-refractivity contribution in [2.75, 3.05) is 0 Å². The van der Waals surface area contributed by atoms with E-state index in [2.05, 4.69) is 32.9 Å². The molecule has 0 aromatic heterocycles. The zero-order valence-electron chi connectivity index (χ0n) is 17.0. The molecule has 146 valence electrons. The first-order chi connectivity index (χ1) is 12.3. The van der Waals surface area contributed by atoms with Crippen LogP contribution in [0.3, 0.4) is 0 Å². The van der Waals surface area contributed by atoms with Crippen molar-refractivity contribution in [1.82, 2.24) is 0 Å². The summed E-state index contributed by atoms with van der Waals surface area (Å²) in [4.78, 5) is 0. The summed E-state index contributed by atoms with van der Waals surface area (Å²) in [7, 11) is 0. The van der Waals surface area contributed by atoms with Crippen molar-refractivity contribution in [3.05, 3.63) is 70.3 Å². The van der Waals surface area contributed by atoms with Crippen LogP contribution in [0.25, 0.3) is 0 Å². The fourth-order valence-electron chi connectivity index (χ4n) is 4.34. The van der Waals surface area contributed by atoms with Crippen molar-refractivity contribution in [1.29, 1.82) is 0 Å². The first kappa shape index (κ1) is 20.0. The van der Waals surface area contributed by atoms with E-state index in [1.165, 1.54) is 17.2 Å². The second-order valence-electron chi connectivity index (χ2n) is 9.80. The number of benzene rings is 2. The van der Waals surface area contributed by atoms with Gasteiger partial charge in [-0.1, -0.05) is 77.9 Å². The van der Waals surface area contributed by atoms with E-state index in [4.69, 9.17) is 0 Å². The topological polar surface area (TPSA) is 0 Å². The van der Waals surface area contributed by atoms with Crippen molar-refractivity contribution in [2.24, 2.45) is 0 Å². The Morgan fingerprint density at radius 1 is 0.667 bits per heavy atom. The van der Waals surface area contributed by atoms with E-state index in [1.807, 2.05) is 39.0 Å². The average molecular weight is 374 g/mol. The summed E-state index contributed by atoms with van der Waals surface area (Å²) >= 11 is 0. The molecule has 3 heteroatoms. The SMILES string of the molecule is CC(C)(C)c1ccccc1C1CC1c1cccc(C(F)(F)F)c1C(C)(C)C. The van der Waals surface area contributed by atoms with E-state index in [0.29, 0.717) is 11.5 Å². The molecule has 0 N–H and O–H groups in total. The Morgan fingerprint density at radius 3 is 1.74 bits per heavy atom. The minimum atomic E-state index is -4.33. The third kappa shape index (κ3) is 3.93. The lowest BCUT2D eigenvalue weighted by Crippen LogP contribution is -2.22. The molecule has 3 rings (SSSR count). The highest BCUT2D eigenvalue weighted by Gasteiger charge is 2.46. The smallest absolute Gasteiger partial charge is 0.166 e. The molecule has 0 saturated heterocycles. The van der Waals surface area contributed by atoms with Crippen LogP contribution >= 0.6 is 0 Å². The summed E-state index contributed by atoms with van der Waals surface area (Å²) in [6.07, 6.45) is -3.41. The Hall–Kier alpha value is -1.77. The van der Waals surface area contributed by atoms with E-state index in [-0.39, 0.29) is 11.3 Å². The number of halogens is 3. The van der Waals surface area contributed by atoms with Gasteiger partial charge in [0.1, 0.15) is 0 Å². The summed E-state index contributed by atoms with van der Waals surface area (Å²) in [5, 5.41) is 0. The maximum Gasteiger partial charge on any atom is 0.416 e. The molecule has 2 unspecified atom stereocenters. The predicted molar refractivity (Wildman–Crippen MR) is 105 cm³/mol. The van der Waals surface area contributed by atoms with Crippen LogP contribution < -0.4 is 0 Å². The molecule has 27 heavy (non-hydrogen) atoms. The fraction of sp³-hybridized carbons (Fsp3) is 0.500. The second-order valence-corrected chi connectivity index (χ2v) is 9.80. The van der Waals surface area contributed by atoms with Gasteiger partial charge in [0, 0.05) is 0 Å². The molecular weight excluding hydrogens is 345 g/mol. The molecule has 0 radical (unpaired) electrons. The standard InChI is InChI=1S/C24H29F3/c1-22(2,3)19-12-8-7-10-15(19)17-14-18(17)16-11-9-13-20(24(25,26)27)21(16)23(4,5)6/h7-13,17-18H,14H2,1-6H3. The van der Waals surface area contributed by atoms with Crippen molar-refractivity contribution < 1.29 is 13.2 Å². The predicted octanol–water partition coefficient (Wildman–Crippen LogP) is 7.57. The number of hydrogen-bond acceptors (Lipinski definition) is 0. The molecule has 1 aliphatic rings. The lowest BCUT2D eigenvalue weighted by Gasteiger charge is -2.28. The molecule has 0 amide bonds. The minimum absolute atomic E-state index is 0.0183. The van der Waals surface area contributed by atoms with Crippen LogP contribution in [0.4, 0.5) is 13.2 Å². The van der Waals surface area contributed by atoms with Gasteiger partial charge in [0.15, 0.2) is 0 Å². The number of hydrogen-bond donors (Lipinski definition) is 0. The highest BCUT2D eigenvalue weighted by atomic mass is 19.4. The van der Waals surface area contributed by atoms with Crippen LogP contribution in [0.15, 0.2) is 42.5 Å². The van der Waals surface area contributed by atoms with Gasteiger partial charge in [-0.05, 0) is 57.4 Å². The molecule has 0 aliphatic heterocycles. The zero-order chi connectivity index (χ0) is 20.2. The van der Waals surface area contributed by atoms with Crippen molar-refractivity contribution in [2.45, 2.75) is 76.8 Å². The van der Waals surface area contributed by atoms with Crippen LogP contribution in [-0.2, 0) is 17.0 Å². The van der Waals surface area contributed by atoms with Gasteiger partial charge >= 0.3 is 6.18 Å². The Kier molecular flexibility index (Phi) is 4.73. The molecule has 2 atom stereocenters. The van der Waals surface area contributed by atoms with Gasteiger partial charge in [0.25, 0.3) is 0 Å². The van der Waals surface area contributed by atoms with Crippen LogP contribution in [-0.4, -0.2) is 0 Å². The van der Waals surface area contributed by atoms with Crippen molar-refractivity contribution in [3.8, 4) is 0 Å². The van der Waals surface area contributed by atoms with Crippen LogP contribution in [0, 0.1) is 0 Å². The zero-order valence-corrected chi connectivity index (χ0v) is 17.0. The second kappa shape index (κ2) is 6.39. The number of alkyl halides is 3. The summed E-state index contributed by atoms with van der Waals surface area (Å²) in [6.45, 7) is 12.2. The normalized spacial score (nSPS) is 20.6. The van der Waals surface area contributed by atoms with E-state index in [0.717, 1.165) is 12.0 Å². The molecule has 0 spiro atoms. The van der Waals surface area contributed by atoms with Crippen LogP contribution in [0.2, 0.25) is 0 Å². The maximum absolute atomic E-state index is 13.7.